The number of rotatable bonds is 10. The SMILES string of the molecule is CCCC(CCO)CNC(=O)C(CN)CC(C)C. The third kappa shape index (κ3) is 7.67. The van der Waals surface area contributed by atoms with Gasteiger partial charge in [0, 0.05) is 19.7 Å². The molecule has 0 aliphatic carbocycles. The van der Waals surface area contributed by atoms with Crippen molar-refractivity contribution in [3.63, 3.8) is 0 Å². The van der Waals surface area contributed by atoms with Gasteiger partial charge < -0.3 is 16.2 Å². The number of carbonyl (C=O) groups excluding carboxylic acids is 1. The van der Waals surface area contributed by atoms with Crippen LogP contribution in [0.2, 0.25) is 0 Å². The fraction of sp³-hybridized carbons (Fsp3) is 0.929. The minimum Gasteiger partial charge on any atom is -0.396 e. The van der Waals surface area contributed by atoms with Gasteiger partial charge in [0.1, 0.15) is 0 Å². The predicted octanol–water partition coefficient (Wildman–Crippen LogP) is 1.52. The van der Waals surface area contributed by atoms with E-state index in [4.69, 9.17) is 10.8 Å². The van der Waals surface area contributed by atoms with Gasteiger partial charge in [0.15, 0.2) is 0 Å². The summed E-state index contributed by atoms with van der Waals surface area (Å²) in [6, 6.07) is 0. The minimum atomic E-state index is -0.0820. The molecule has 0 saturated carbocycles. The Kier molecular flexibility index (Phi) is 9.98. The molecule has 0 saturated heterocycles. The van der Waals surface area contributed by atoms with Gasteiger partial charge in [-0.15, -0.1) is 0 Å². The molecular weight excluding hydrogens is 228 g/mol. The summed E-state index contributed by atoms with van der Waals surface area (Å²) in [7, 11) is 0. The maximum atomic E-state index is 12.0. The van der Waals surface area contributed by atoms with Gasteiger partial charge in [0.2, 0.25) is 5.91 Å². The first kappa shape index (κ1) is 17.4. The van der Waals surface area contributed by atoms with E-state index in [9.17, 15) is 4.79 Å². The van der Waals surface area contributed by atoms with Gasteiger partial charge in [-0.2, -0.15) is 0 Å². The molecule has 0 aromatic rings. The Bertz CT molecular complexity index is 214. The van der Waals surface area contributed by atoms with Crippen LogP contribution in [0.5, 0.6) is 0 Å². The zero-order valence-corrected chi connectivity index (χ0v) is 12.1. The molecule has 2 atom stereocenters. The van der Waals surface area contributed by atoms with E-state index in [1.54, 1.807) is 0 Å². The van der Waals surface area contributed by atoms with E-state index in [1.807, 2.05) is 0 Å². The fourth-order valence-electron chi connectivity index (χ4n) is 2.21. The molecule has 4 N–H and O–H groups in total. The van der Waals surface area contributed by atoms with Crippen LogP contribution in [-0.2, 0) is 4.79 Å². The Morgan fingerprint density at radius 3 is 2.44 bits per heavy atom. The van der Waals surface area contributed by atoms with E-state index in [0.29, 0.717) is 24.9 Å². The molecule has 108 valence electrons. The molecular formula is C14H30N2O2. The zero-order chi connectivity index (χ0) is 14.0. The number of hydrogen-bond acceptors (Lipinski definition) is 3. The lowest BCUT2D eigenvalue weighted by molar-refractivity contribution is -0.125. The van der Waals surface area contributed by atoms with Gasteiger partial charge in [0.25, 0.3) is 0 Å². The number of aliphatic hydroxyl groups excluding tert-OH is 1. The number of amides is 1. The number of nitrogens with two attached hydrogens (primary N) is 1. The van der Waals surface area contributed by atoms with Crippen LogP contribution in [0, 0.1) is 17.8 Å². The maximum absolute atomic E-state index is 12.0. The summed E-state index contributed by atoms with van der Waals surface area (Å²) in [4.78, 5) is 12.0. The van der Waals surface area contributed by atoms with Crippen molar-refractivity contribution in [1.29, 1.82) is 0 Å². The molecule has 0 aromatic carbocycles. The first-order valence-corrected chi connectivity index (χ1v) is 7.13. The molecule has 4 nitrogen and oxygen atoms in total. The van der Waals surface area contributed by atoms with Crippen LogP contribution in [0.15, 0.2) is 0 Å². The van der Waals surface area contributed by atoms with E-state index < -0.39 is 0 Å². The van der Waals surface area contributed by atoms with Crippen LogP contribution >= 0.6 is 0 Å². The van der Waals surface area contributed by atoms with Crippen molar-refractivity contribution in [2.24, 2.45) is 23.5 Å². The lowest BCUT2D eigenvalue weighted by atomic mass is 9.95. The Morgan fingerprint density at radius 2 is 2.00 bits per heavy atom. The van der Waals surface area contributed by atoms with Gasteiger partial charge in [-0.25, -0.2) is 0 Å². The Labute approximate surface area is 111 Å². The average Bonchev–Trinajstić information content (AvgIpc) is 2.33. The van der Waals surface area contributed by atoms with Crippen LogP contribution < -0.4 is 11.1 Å². The summed E-state index contributed by atoms with van der Waals surface area (Å²) < 4.78 is 0. The summed E-state index contributed by atoms with van der Waals surface area (Å²) in [5.41, 5.74) is 5.64. The second-order valence-corrected chi connectivity index (χ2v) is 5.47. The van der Waals surface area contributed by atoms with Crippen molar-refractivity contribution < 1.29 is 9.90 Å². The van der Waals surface area contributed by atoms with Crippen LogP contribution in [0.1, 0.15) is 46.5 Å². The molecule has 0 aliphatic heterocycles. The molecule has 0 bridgehead atoms. The molecule has 0 radical (unpaired) electrons. The smallest absolute Gasteiger partial charge is 0.224 e. The number of aliphatic hydroxyl groups is 1. The van der Waals surface area contributed by atoms with E-state index in [-0.39, 0.29) is 18.4 Å². The third-order valence-electron chi connectivity index (χ3n) is 3.21. The summed E-state index contributed by atoms with van der Waals surface area (Å²) >= 11 is 0. The number of hydrogen-bond donors (Lipinski definition) is 3. The van der Waals surface area contributed by atoms with Gasteiger partial charge in [-0.3, -0.25) is 4.79 Å². The van der Waals surface area contributed by atoms with Crippen LogP contribution in [0.3, 0.4) is 0 Å². The normalized spacial score (nSPS) is 14.6. The zero-order valence-electron chi connectivity index (χ0n) is 12.1. The maximum Gasteiger partial charge on any atom is 0.224 e. The Balaban J connectivity index is 4.10. The standard InChI is InChI=1S/C14H30N2O2/c1-4-5-12(6-7-17)10-16-14(18)13(9-15)8-11(2)3/h11-13,17H,4-10,15H2,1-3H3,(H,16,18). The van der Waals surface area contributed by atoms with Crippen molar-refractivity contribution in [2.75, 3.05) is 19.7 Å². The first-order valence-electron chi connectivity index (χ1n) is 7.13. The van der Waals surface area contributed by atoms with Gasteiger partial charge >= 0.3 is 0 Å². The summed E-state index contributed by atoms with van der Waals surface area (Å²) in [6.07, 6.45) is 3.71. The monoisotopic (exact) mass is 258 g/mol. The third-order valence-corrected chi connectivity index (χ3v) is 3.21. The molecule has 0 heterocycles. The molecule has 0 rings (SSSR count). The molecule has 2 unspecified atom stereocenters. The van der Waals surface area contributed by atoms with Crippen molar-refractivity contribution >= 4 is 5.91 Å². The largest absolute Gasteiger partial charge is 0.396 e. The number of carbonyl (C=O) groups is 1. The van der Waals surface area contributed by atoms with Crippen molar-refractivity contribution in [3.05, 3.63) is 0 Å². The van der Waals surface area contributed by atoms with Crippen molar-refractivity contribution in [3.8, 4) is 0 Å². The van der Waals surface area contributed by atoms with Crippen LogP contribution in [0.25, 0.3) is 0 Å². The van der Waals surface area contributed by atoms with E-state index in [2.05, 4.69) is 26.1 Å². The second kappa shape index (κ2) is 10.3. The lowest BCUT2D eigenvalue weighted by Gasteiger charge is -2.20. The van der Waals surface area contributed by atoms with Gasteiger partial charge in [0.05, 0.1) is 5.92 Å². The van der Waals surface area contributed by atoms with E-state index in [1.165, 1.54) is 0 Å². The highest BCUT2D eigenvalue weighted by molar-refractivity contribution is 5.78. The highest BCUT2D eigenvalue weighted by atomic mass is 16.3. The first-order chi connectivity index (χ1) is 8.54. The average molecular weight is 258 g/mol. The van der Waals surface area contributed by atoms with Gasteiger partial charge in [-0.1, -0.05) is 27.2 Å². The van der Waals surface area contributed by atoms with Crippen LogP contribution in [0.4, 0.5) is 0 Å². The molecule has 1 amide bonds. The Hall–Kier alpha value is -0.610. The summed E-state index contributed by atoms with van der Waals surface area (Å²) in [5.74, 6) is 0.834. The molecule has 4 heteroatoms. The molecule has 0 aromatic heterocycles. The summed E-state index contributed by atoms with van der Waals surface area (Å²) in [5, 5.41) is 11.9. The fourth-order valence-corrected chi connectivity index (χ4v) is 2.21. The van der Waals surface area contributed by atoms with Crippen molar-refractivity contribution in [1.82, 2.24) is 5.32 Å². The second-order valence-electron chi connectivity index (χ2n) is 5.47. The molecule has 0 fully saturated rings. The highest BCUT2D eigenvalue weighted by Crippen LogP contribution is 2.12. The van der Waals surface area contributed by atoms with Gasteiger partial charge in [-0.05, 0) is 31.1 Å². The summed E-state index contributed by atoms with van der Waals surface area (Å²) in [6.45, 7) is 7.56. The number of nitrogens with one attached hydrogen (secondary N) is 1. The quantitative estimate of drug-likeness (QED) is 0.556. The molecule has 18 heavy (non-hydrogen) atoms. The lowest BCUT2D eigenvalue weighted by Crippen LogP contribution is -2.38. The van der Waals surface area contributed by atoms with E-state index >= 15 is 0 Å². The molecule has 0 spiro atoms. The van der Waals surface area contributed by atoms with Crippen molar-refractivity contribution in [2.45, 2.75) is 46.5 Å². The predicted molar refractivity (Wildman–Crippen MR) is 75.1 cm³/mol. The van der Waals surface area contributed by atoms with Crippen LogP contribution in [-0.4, -0.2) is 30.7 Å². The topological polar surface area (TPSA) is 75.3 Å². The Morgan fingerprint density at radius 1 is 1.33 bits per heavy atom. The minimum absolute atomic E-state index is 0.0604. The highest BCUT2D eigenvalue weighted by Gasteiger charge is 2.18. The van der Waals surface area contributed by atoms with E-state index in [0.717, 1.165) is 25.7 Å². The molecule has 0 aliphatic rings.